The van der Waals surface area contributed by atoms with Crippen molar-refractivity contribution in [2.75, 3.05) is 13.1 Å². The minimum absolute atomic E-state index is 0.832. The van der Waals surface area contributed by atoms with Gasteiger partial charge in [-0.3, -0.25) is 0 Å². The standard InChI is InChI=1S/C13H29N.C2H6/c1-5-7-8-13(6-2)11-14-10-9-12(3)4;1-2/h12-14H,5-11H2,1-4H3;1-2H3. The minimum Gasteiger partial charge on any atom is -0.316 e. The van der Waals surface area contributed by atoms with E-state index >= 15 is 0 Å². The molecule has 0 heterocycles. The van der Waals surface area contributed by atoms with E-state index in [4.69, 9.17) is 0 Å². The summed E-state index contributed by atoms with van der Waals surface area (Å²) in [6, 6.07) is 0. The Labute approximate surface area is 104 Å². The zero-order chi connectivity index (χ0) is 12.8. The van der Waals surface area contributed by atoms with Crippen LogP contribution in [0.1, 0.15) is 73.6 Å². The van der Waals surface area contributed by atoms with Gasteiger partial charge in [0.15, 0.2) is 0 Å². The summed E-state index contributed by atoms with van der Waals surface area (Å²) in [4.78, 5) is 0. The summed E-state index contributed by atoms with van der Waals surface area (Å²) in [5.41, 5.74) is 0. The maximum atomic E-state index is 3.58. The van der Waals surface area contributed by atoms with Gasteiger partial charge in [-0.15, -0.1) is 0 Å². The zero-order valence-electron chi connectivity index (χ0n) is 12.6. The molecule has 0 aliphatic heterocycles. The third-order valence-electron chi connectivity index (χ3n) is 2.87. The molecule has 0 aromatic rings. The number of hydrogen-bond acceptors (Lipinski definition) is 1. The van der Waals surface area contributed by atoms with E-state index < -0.39 is 0 Å². The summed E-state index contributed by atoms with van der Waals surface area (Å²) in [6.45, 7) is 15.6. The van der Waals surface area contributed by atoms with E-state index in [9.17, 15) is 0 Å². The van der Waals surface area contributed by atoms with Crippen molar-refractivity contribution in [2.45, 2.75) is 73.6 Å². The third-order valence-corrected chi connectivity index (χ3v) is 2.87. The average Bonchev–Trinajstić information content (AvgIpc) is 2.30. The average molecular weight is 229 g/mol. The van der Waals surface area contributed by atoms with E-state index in [1.165, 1.54) is 45.2 Å². The predicted octanol–water partition coefficient (Wildman–Crippen LogP) is 4.86. The van der Waals surface area contributed by atoms with Crippen molar-refractivity contribution in [3.05, 3.63) is 0 Å². The summed E-state index contributed by atoms with van der Waals surface area (Å²) in [5, 5.41) is 3.58. The van der Waals surface area contributed by atoms with Crippen LogP contribution in [0.15, 0.2) is 0 Å². The molecule has 1 heteroatoms. The molecule has 1 atom stereocenters. The molecule has 100 valence electrons. The first-order chi connectivity index (χ1) is 7.70. The Morgan fingerprint density at radius 1 is 1.00 bits per heavy atom. The van der Waals surface area contributed by atoms with Crippen LogP contribution >= 0.6 is 0 Å². The van der Waals surface area contributed by atoms with Crippen molar-refractivity contribution in [2.24, 2.45) is 11.8 Å². The van der Waals surface area contributed by atoms with Crippen molar-refractivity contribution in [1.29, 1.82) is 0 Å². The van der Waals surface area contributed by atoms with Crippen LogP contribution in [0.2, 0.25) is 0 Å². The highest BCUT2D eigenvalue weighted by atomic mass is 14.9. The van der Waals surface area contributed by atoms with Crippen LogP contribution in [0.3, 0.4) is 0 Å². The fourth-order valence-electron chi connectivity index (χ4n) is 1.64. The Hall–Kier alpha value is -0.0400. The molecule has 0 rings (SSSR count). The van der Waals surface area contributed by atoms with E-state index in [-0.39, 0.29) is 0 Å². The van der Waals surface area contributed by atoms with Crippen LogP contribution in [0.5, 0.6) is 0 Å². The first kappa shape index (κ1) is 18.3. The van der Waals surface area contributed by atoms with Gasteiger partial charge in [-0.25, -0.2) is 0 Å². The fraction of sp³-hybridized carbons (Fsp3) is 1.00. The molecular weight excluding hydrogens is 194 g/mol. The van der Waals surface area contributed by atoms with Crippen LogP contribution in [-0.4, -0.2) is 13.1 Å². The molecule has 0 fully saturated rings. The molecule has 0 spiro atoms. The van der Waals surface area contributed by atoms with E-state index in [0.29, 0.717) is 0 Å². The quantitative estimate of drug-likeness (QED) is 0.556. The smallest absolute Gasteiger partial charge is 0.00206 e. The molecule has 0 saturated carbocycles. The van der Waals surface area contributed by atoms with Gasteiger partial charge in [0, 0.05) is 0 Å². The highest BCUT2D eigenvalue weighted by molar-refractivity contribution is 4.61. The summed E-state index contributed by atoms with van der Waals surface area (Å²) < 4.78 is 0. The van der Waals surface area contributed by atoms with Crippen LogP contribution in [0.4, 0.5) is 0 Å². The molecule has 0 aliphatic carbocycles. The molecule has 0 aromatic heterocycles. The zero-order valence-corrected chi connectivity index (χ0v) is 12.6. The molecule has 0 radical (unpaired) electrons. The maximum Gasteiger partial charge on any atom is -0.00206 e. The van der Waals surface area contributed by atoms with Gasteiger partial charge in [-0.1, -0.05) is 60.8 Å². The molecular formula is C15H35N. The second-order valence-electron chi connectivity index (χ2n) is 4.80. The van der Waals surface area contributed by atoms with Crippen LogP contribution < -0.4 is 5.32 Å². The number of rotatable bonds is 9. The summed E-state index contributed by atoms with van der Waals surface area (Å²) in [7, 11) is 0. The first-order valence-corrected chi connectivity index (χ1v) is 7.41. The highest BCUT2D eigenvalue weighted by Gasteiger charge is 2.04. The van der Waals surface area contributed by atoms with Gasteiger partial charge in [-0.05, 0) is 37.8 Å². The van der Waals surface area contributed by atoms with Crippen LogP contribution in [0.25, 0.3) is 0 Å². The largest absolute Gasteiger partial charge is 0.316 e. The summed E-state index contributed by atoms with van der Waals surface area (Å²) in [6.07, 6.45) is 6.77. The highest BCUT2D eigenvalue weighted by Crippen LogP contribution is 2.11. The van der Waals surface area contributed by atoms with Gasteiger partial charge in [0.1, 0.15) is 0 Å². The molecule has 1 N–H and O–H groups in total. The molecule has 0 saturated heterocycles. The van der Waals surface area contributed by atoms with Gasteiger partial charge in [-0.2, -0.15) is 0 Å². The van der Waals surface area contributed by atoms with Gasteiger partial charge in [0.2, 0.25) is 0 Å². The van der Waals surface area contributed by atoms with Crippen molar-refractivity contribution >= 4 is 0 Å². The number of nitrogens with one attached hydrogen (secondary N) is 1. The lowest BCUT2D eigenvalue weighted by Gasteiger charge is -2.15. The van der Waals surface area contributed by atoms with Crippen molar-refractivity contribution in [1.82, 2.24) is 5.32 Å². The van der Waals surface area contributed by atoms with Crippen LogP contribution in [0, 0.1) is 11.8 Å². The van der Waals surface area contributed by atoms with Crippen molar-refractivity contribution in [3.63, 3.8) is 0 Å². The maximum absolute atomic E-state index is 3.58. The Morgan fingerprint density at radius 3 is 2.06 bits per heavy atom. The molecule has 0 aromatic carbocycles. The van der Waals surface area contributed by atoms with Gasteiger partial charge in [0.05, 0.1) is 0 Å². The first-order valence-electron chi connectivity index (χ1n) is 7.41. The van der Waals surface area contributed by atoms with E-state index in [2.05, 4.69) is 33.0 Å². The molecule has 0 amide bonds. The van der Waals surface area contributed by atoms with Crippen molar-refractivity contribution in [3.8, 4) is 0 Å². The van der Waals surface area contributed by atoms with Gasteiger partial charge >= 0.3 is 0 Å². The fourth-order valence-corrected chi connectivity index (χ4v) is 1.64. The third kappa shape index (κ3) is 14.0. The SMILES string of the molecule is CC.CCCCC(CC)CNCCC(C)C. The van der Waals surface area contributed by atoms with E-state index in [1.54, 1.807) is 0 Å². The molecule has 1 unspecified atom stereocenters. The lowest BCUT2D eigenvalue weighted by molar-refractivity contribution is 0.409. The lowest BCUT2D eigenvalue weighted by atomic mass is 9.99. The lowest BCUT2D eigenvalue weighted by Crippen LogP contribution is -2.24. The molecule has 16 heavy (non-hydrogen) atoms. The predicted molar refractivity (Wildman–Crippen MR) is 77.0 cm³/mol. The minimum atomic E-state index is 0.832. The second-order valence-corrected chi connectivity index (χ2v) is 4.80. The number of unbranched alkanes of at least 4 members (excludes halogenated alkanes) is 1. The number of hydrogen-bond donors (Lipinski definition) is 1. The van der Waals surface area contributed by atoms with Crippen LogP contribution in [-0.2, 0) is 0 Å². The van der Waals surface area contributed by atoms with Crippen molar-refractivity contribution < 1.29 is 0 Å². The Kier molecular flexibility index (Phi) is 17.1. The van der Waals surface area contributed by atoms with E-state index in [1.807, 2.05) is 13.8 Å². The Bertz CT molecular complexity index is 110. The Morgan fingerprint density at radius 2 is 1.62 bits per heavy atom. The topological polar surface area (TPSA) is 12.0 Å². The van der Waals surface area contributed by atoms with E-state index in [0.717, 1.165) is 11.8 Å². The molecule has 0 aliphatic rings. The second kappa shape index (κ2) is 15.0. The normalized spacial score (nSPS) is 12.2. The summed E-state index contributed by atoms with van der Waals surface area (Å²) >= 11 is 0. The molecule has 0 bridgehead atoms. The molecule has 1 nitrogen and oxygen atoms in total. The van der Waals surface area contributed by atoms with Gasteiger partial charge < -0.3 is 5.32 Å². The monoisotopic (exact) mass is 229 g/mol. The summed E-state index contributed by atoms with van der Waals surface area (Å²) in [5.74, 6) is 1.74. The Balaban J connectivity index is 0. The van der Waals surface area contributed by atoms with Gasteiger partial charge in [0.25, 0.3) is 0 Å².